The summed E-state index contributed by atoms with van der Waals surface area (Å²) in [6.07, 6.45) is 3.69. The van der Waals surface area contributed by atoms with Crippen LogP contribution >= 0.6 is 0 Å². The molecule has 0 unspecified atom stereocenters. The highest BCUT2D eigenvalue weighted by molar-refractivity contribution is 5.60. The molecule has 5 heteroatoms. The molecule has 5 nitrogen and oxygen atoms in total. The zero-order valence-corrected chi connectivity index (χ0v) is 11.1. The maximum Gasteiger partial charge on any atom is 0.0994 e. The number of aromatic nitrogens is 2. The van der Waals surface area contributed by atoms with Gasteiger partial charge in [-0.15, -0.1) is 0 Å². The predicted molar refractivity (Wildman–Crippen MR) is 73.3 cm³/mol. The summed E-state index contributed by atoms with van der Waals surface area (Å²) in [5, 5.41) is 16.4. The standard InChI is InChI=1S/C14H16N4O/c1-11-7-13(4-3-12(11)8-15)17-14-9-16-18(10-14)5-6-19-2/h3-4,7,9-10,17H,5-6H2,1-2H3. The number of hydrogen-bond donors (Lipinski definition) is 1. The monoisotopic (exact) mass is 256 g/mol. The molecule has 19 heavy (non-hydrogen) atoms. The maximum absolute atomic E-state index is 8.89. The molecule has 1 aromatic carbocycles. The lowest BCUT2D eigenvalue weighted by Gasteiger charge is -2.05. The van der Waals surface area contributed by atoms with E-state index >= 15 is 0 Å². The van der Waals surface area contributed by atoms with Crippen LogP contribution in [0.3, 0.4) is 0 Å². The molecule has 1 N–H and O–H groups in total. The second kappa shape index (κ2) is 6.03. The first-order valence-electron chi connectivity index (χ1n) is 6.02. The first-order valence-corrected chi connectivity index (χ1v) is 6.02. The summed E-state index contributed by atoms with van der Waals surface area (Å²) in [4.78, 5) is 0. The Kier molecular flexibility index (Phi) is 4.16. The third kappa shape index (κ3) is 3.33. The molecule has 2 aromatic rings. The minimum absolute atomic E-state index is 0.636. The van der Waals surface area contributed by atoms with Gasteiger partial charge < -0.3 is 10.1 Å². The second-order valence-electron chi connectivity index (χ2n) is 4.25. The Morgan fingerprint density at radius 2 is 2.26 bits per heavy atom. The van der Waals surface area contributed by atoms with Crippen molar-refractivity contribution >= 4 is 11.4 Å². The number of hydrogen-bond acceptors (Lipinski definition) is 4. The molecular formula is C14H16N4O. The smallest absolute Gasteiger partial charge is 0.0994 e. The topological polar surface area (TPSA) is 62.9 Å². The SMILES string of the molecule is COCCn1cc(Nc2ccc(C#N)c(C)c2)cn1. The molecule has 0 atom stereocenters. The number of rotatable bonds is 5. The number of nitrogens with zero attached hydrogens (tertiary/aromatic N) is 3. The lowest BCUT2D eigenvalue weighted by atomic mass is 10.1. The van der Waals surface area contributed by atoms with Crippen molar-refractivity contribution < 1.29 is 4.74 Å². The van der Waals surface area contributed by atoms with Crippen LogP contribution < -0.4 is 5.32 Å². The summed E-state index contributed by atoms with van der Waals surface area (Å²) in [5.41, 5.74) is 3.52. The lowest BCUT2D eigenvalue weighted by Crippen LogP contribution is -2.03. The molecule has 98 valence electrons. The fourth-order valence-electron chi connectivity index (χ4n) is 1.77. The van der Waals surface area contributed by atoms with Gasteiger partial charge in [-0.3, -0.25) is 4.68 Å². The van der Waals surface area contributed by atoms with E-state index in [0.29, 0.717) is 12.2 Å². The van der Waals surface area contributed by atoms with E-state index in [-0.39, 0.29) is 0 Å². The van der Waals surface area contributed by atoms with Gasteiger partial charge >= 0.3 is 0 Å². The fraction of sp³-hybridized carbons (Fsp3) is 0.286. The minimum Gasteiger partial charge on any atom is -0.383 e. The Bertz CT molecular complexity index is 598. The van der Waals surface area contributed by atoms with Crippen LogP contribution in [0.5, 0.6) is 0 Å². The molecule has 0 spiro atoms. The number of methoxy groups -OCH3 is 1. The average Bonchev–Trinajstić information content (AvgIpc) is 2.84. The fourth-order valence-corrected chi connectivity index (χ4v) is 1.77. The number of nitriles is 1. The highest BCUT2D eigenvalue weighted by Crippen LogP contribution is 2.19. The molecule has 0 amide bonds. The Labute approximate surface area is 112 Å². The Morgan fingerprint density at radius 1 is 1.42 bits per heavy atom. The van der Waals surface area contributed by atoms with Gasteiger partial charge in [0, 0.05) is 19.0 Å². The number of aryl methyl sites for hydroxylation is 1. The molecule has 2 rings (SSSR count). The molecule has 0 aliphatic rings. The summed E-state index contributed by atoms with van der Waals surface area (Å²) in [7, 11) is 1.67. The Morgan fingerprint density at radius 3 is 2.95 bits per heavy atom. The number of nitrogens with one attached hydrogen (secondary N) is 1. The van der Waals surface area contributed by atoms with Crippen molar-refractivity contribution in [1.82, 2.24) is 9.78 Å². The minimum atomic E-state index is 0.636. The largest absolute Gasteiger partial charge is 0.383 e. The molecule has 0 aliphatic heterocycles. The number of ether oxygens (including phenoxy) is 1. The van der Waals surface area contributed by atoms with Crippen LogP contribution in [0.15, 0.2) is 30.6 Å². The van der Waals surface area contributed by atoms with Crippen LogP contribution in [0.2, 0.25) is 0 Å². The van der Waals surface area contributed by atoms with Crippen molar-refractivity contribution in [3.05, 3.63) is 41.7 Å². The van der Waals surface area contributed by atoms with Gasteiger partial charge in [0.25, 0.3) is 0 Å². The second-order valence-corrected chi connectivity index (χ2v) is 4.25. The first kappa shape index (κ1) is 13.1. The van der Waals surface area contributed by atoms with E-state index in [1.54, 1.807) is 13.3 Å². The molecule has 0 bridgehead atoms. The third-order valence-corrected chi connectivity index (χ3v) is 2.79. The molecule has 0 saturated carbocycles. The van der Waals surface area contributed by atoms with Crippen LogP contribution in [-0.2, 0) is 11.3 Å². The normalized spacial score (nSPS) is 10.2. The van der Waals surface area contributed by atoms with E-state index < -0.39 is 0 Å². The van der Waals surface area contributed by atoms with Gasteiger partial charge in [-0.05, 0) is 30.7 Å². The summed E-state index contributed by atoms with van der Waals surface area (Å²) in [5.74, 6) is 0. The molecular weight excluding hydrogens is 240 g/mol. The van der Waals surface area contributed by atoms with E-state index in [4.69, 9.17) is 10.00 Å². The van der Waals surface area contributed by atoms with E-state index in [0.717, 1.165) is 23.5 Å². The molecule has 0 fully saturated rings. The van der Waals surface area contributed by atoms with Gasteiger partial charge in [-0.25, -0.2) is 0 Å². The highest BCUT2D eigenvalue weighted by Gasteiger charge is 2.02. The quantitative estimate of drug-likeness (QED) is 0.892. The van der Waals surface area contributed by atoms with E-state index in [1.165, 1.54) is 0 Å². The molecule has 0 radical (unpaired) electrons. The van der Waals surface area contributed by atoms with Crippen molar-refractivity contribution in [2.24, 2.45) is 0 Å². The van der Waals surface area contributed by atoms with Crippen molar-refractivity contribution in [1.29, 1.82) is 5.26 Å². The van der Waals surface area contributed by atoms with Gasteiger partial charge in [-0.1, -0.05) is 0 Å². The Hall–Kier alpha value is -2.32. The van der Waals surface area contributed by atoms with Gasteiger partial charge in [0.2, 0.25) is 0 Å². The van der Waals surface area contributed by atoms with Crippen LogP contribution in [0.1, 0.15) is 11.1 Å². The van der Waals surface area contributed by atoms with Gasteiger partial charge in [0.15, 0.2) is 0 Å². The van der Waals surface area contributed by atoms with Crippen molar-refractivity contribution in [3.63, 3.8) is 0 Å². The number of anilines is 2. The van der Waals surface area contributed by atoms with Crippen LogP contribution in [0, 0.1) is 18.3 Å². The molecule has 1 aromatic heterocycles. The van der Waals surface area contributed by atoms with Gasteiger partial charge in [-0.2, -0.15) is 10.4 Å². The van der Waals surface area contributed by atoms with Crippen molar-refractivity contribution in [3.8, 4) is 6.07 Å². The van der Waals surface area contributed by atoms with Crippen molar-refractivity contribution in [2.75, 3.05) is 19.0 Å². The van der Waals surface area contributed by atoms with E-state index in [1.807, 2.05) is 36.0 Å². The summed E-state index contributed by atoms with van der Waals surface area (Å²) < 4.78 is 6.82. The number of benzene rings is 1. The summed E-state index contributed by atoms with van der Waals surface area (Å²) in [6.45, 7) is 3.29. The lowest BCUT2D eigenvalue weighted by molar-refractivity contribution is 0.183. The Balaban J connectivity index is 2.07. The van der Waals surface area contributed by atoms with Crippen LogP contribution in [0.25, 0.3) is 0 Å². The summed E-state index contributed by atoms with van der Waals surface area (Å²) in [6, 6.07) is 7.80. The van der Waals surface area contributed by atoms with E-state index in [9.17, 15) is 0 Å². The zero-order valence-electron chi connectivity index (χ0n) is 11.1. The van der Waals surface area contributed by atoms with Crippen LogP contribution in [0.4, 0.5) is 11.4 Å². The third-order valence-electron chi connectivity index (χ3n) is 2.79. The highest BCUT2D eigenvalue weighted by atomic mass is 16.5. The average molecular weight is 256 g/mol. The zero-order chi connectivity index (χ0) is 13.7. The van der Waals surface area contributed by atoms with Crippen LogP contribution in [-0.4, -0.2) is 23.5 Å². The van der Waals surface area contributed by atoms with E-state index in [2.05, 4.69) is 16.5 Å². The first-order chi connectivity index (χ1) is 9.22. The molecule has 0 saturated heterocycles. The van der Waals surface area contributed by atoms with Gasteiger partial charge in [0.05, 0.1) is 36.7 Å². The summed E-state index contributed by atoms with van der Waals surface area (Å²) >= 11 is 0. The van der Waals surface area contributed by atoms with Crippen molar-refractivity contribution in [2.45, 2.75) is 13.5 Å². The molecule has 0 aliphatic carbocycles. The molecule has 1 heterocycles. The van der Waals surface area contributed by atoms with Gasteiger partial charge in [0.1, 0.15) is 0 Å². The maximum atomic E-state index is 8.89. The predicted octanol–water partition coefficient (Wildman–Crippen LogP) is 2.45.